The first kappa shape index (κ1) is 12.2. The topological polar surface area (TPSA) is 43.7 Å². The van der Waals surface area contributed by atoms with E-state index in [0.29, 0.717) is 6.54 Å². The number of aliphatic hydroxyl groups excluding tert-OH is 1. The van der Waals surface area contributed by atoms with E-state index in [4.69, 9.17) is 0 Å². The van der Waals surface area contributed by atoms with E-state index < -0.39 is 11.7 Å². The number of hydrogen-bond acceptors (Lipinski definition) is 3. The maximum Gasteiger partial charge on any atom is 0.0951 e. The van der Waals surface area contributed by atoms with Crippen molar-refractivity contribution >= 4 is 0 Å². The summed E-state index contributed by atoms with van der Waals surface area (Å²) in [6, 6.07) is 8.26. The molecule has 0 radical (unpaired) electrons. The first-order valence-corrected chi connectivity index (χ1v) is 6.79. The van der Waals surface area contributed by atoms with Gasteiger partial charge in [0.15, 0.2) is 0 Å². The summed E-state index contributed by atoms with van der Waals surface area (Å²) >= 11 is 0. The van der Waals surface area contributed by atoms with Gasteiger partial charge in [0.1, 0.15) is 0 Å². The van der Waals surface area contributed by atoms with Crippen LogP contribution in [0.25, 0.3) is 0 Å². The lowest BCUT2D eigenvalue weighted by Crippen LogP contribution is -2.51. The van der Waals surface area contributed by atoms with Gasteiger partial charge in [0.05, 0.1) is 11.7 Å². The lowest BCUT2D eigenvalue weighted by molar-refractivity contribution is -0.0495. The Balaban J connectivity index is 1.80. The molecule has 98 valence electrons. The van der Waals surface area contributed by atoms with Crippen molar-refractivity contribution in [3.63, 3.8) is 0 Å². The molecule has 0 saturated carbocycles. The SMILES string of the molecule is C[C@]1(O)CCCN([C@@H]2Cc3ccccc3[C@H]2O)C1. The maximum absolute atomic E-state index is 10.4. The minimum absolute atomic E-state index is 0.133. The van der Waals surface area contributed by atoms with Crippen molar-refractivity contribution in [3.05, 3.63) is 35.4 Å². The fraction of sp³-hybridized carbons (Fsp3) is 0.600. The number of benzene rings is 1. The van der Waals surface area contributed by atoms with Crippen LogP contribution >= 0.6 is 0 Å². The number of piperidine rings is 1. The quantitative estimate of drug-likeness (QED) is 0.790. The van der Waals surface area contributed by atoms with Crippen LogP contribution in [0.4, 0.5) is 0 Å². The van der Waals surface area contributed by atoms with Crippen LogP contribution in [0.5, 0.6) is 0 Å². The lowest BCUT2D eigenvalue weighted by Gasteiger charge is -2.41. The molecule has 1 saturated heterocycles. The Hall–Kier alpha value is -0.900. The standard InChI is InChI=1S/C15H21NO2/c1-15(18)7-4-8-16(10-15)13-9-11-5-2-3-6-12(11)14(13)17/h2-3,5-6,13-14,17-18H,4,7-10H2,1H3/t13-,14-,15+/m1/s1. The minimum Gasteiger partial charge on any atom is -0.389 e. The van der Waals surface area contributed by atoms with Crippen LogP contribution in [0.2, 0.25) is 0 Å². The van der Waals surface area contributed by atoms with Crippen LogP contribution in [-0.2, 0) is 6.42 Å². The highest BCUT2D eigenvalue weighted by atomic mass is 16.3. The zero-order chi connectivity index (χ0) is 12.8. The molecular weight excluding hydrogens is 226 g/mol. The van der Waals surface area contributed by atoms with Crippen LogP contribution in [-0.4, -0.2) is 39.8 Å². The molecule has 1 aromatic rings. The van der Waals surface area contributed by atoms with E-state index in [2.05, 4.69) is 11.0 Å². The molecule has 3 nitrogen and oxygen atoms in total. The van der Waals surface area contributed by atoms with Gasteiger partial charge < -0.3 is 10.2 Å². The maximum atomic E-state index is 10.4. The van der Waals surface area contributed by atoms with Gasteiger partial charge in [-0.15, -0.1) is 0 Å². The van der Waals surface area contributed by atoms with E-state index in [1.807, 2.05) is 25.1 Å². The van der Waals surface area contributed by atoms with E-state index in [1.165, 1.54) is 5.56 Å². The molecule has 1 aliphatic heterocycles. The normalized spacial score (nSPS) is 36.6. The van der Waals surface area contributed by atoms with Crippen molar-refractivity contribution in [2.45, 2.75) is 43.9 Å². The predicted octanol–water partition coefficient (Wildman–Crippen LogP) is 1.49. The van der Waals surface area contributed by atoms with E-state index in [0.717, 1.165) is 31.4 Å². The summed E-state index contributed by atoms with van der Waals surface area (Å²) in [6.45, 7) is 3.54. The minimum atomic E-state index is -0.604. The van der Waals surface area contributed by atoms with Crippen LogP contribution in [0.1, 0.15) is 37.0 Å². The fourth-order valence-corrected chi connectivity index (χ4v) is 3.42. The third kappa shape index (κ3) is 2.07. The van der Waals surface area contributed by atoms with Crippen LogP contribution in [0, 0.1) is 0 Å². The van der Waals surface area contributed by atoms with Gasteiger partial charge in [-0.1, -0.05) is 24.3 Å². The molecule has 1 aromatic carbocycles. The molecule has 2 aliphatic rings. The molecular formula is C15H21NO2. The number of nitrogens with zero attached hydrogens (tertiary/aromatic N) is 1. The Bertz CT molecular complexity index is 444. The second kappa shape index (κ2) is 4.34. The molecule has 3 rings (SSSR count). The fourth-order valence-electron chi connectivity index (χ4n) is 3.42. The molecule has 0 spiro atoms. The number of β-amino-alcohol motifs (C(OH)–C–C–N with tert-alkyl or cyclic N) is 1. The van der Waals surface area contributed by atoms with Gasteiger partial charge in [0.2, 0.25) is 0 Å². The molecule has 3 heteroatoms. The lowest BCUT2D eigenvalue weighted by atomic mass is 9.93. The molecule has 0 bridgehead atoms. The predicted molar refractivity (Wildman–Crippen MR) is 70.3 cm³/mol. The van der Waals surface area contributed by atoms with Gasteiger partial charge in [-0.2, -0.15) is 0 Å². The summed E-state index contributed by atoms with van der Waals surface area (Å²) in [5.74, 6) is 0. The number of aliphatic hydroxyl groups is 2. The summed E-state index contributed by atoms with van der Waals surface area (Å²) in [4.78, 5) is 2.26. The van der Waals surface area contributed by atoms with Crippen molar-refractivity contribution in [2.24, 2.45) is 0 Å². The Labute approximate surface area is 108 Å². The highest BCUT2D eigenvalue weighted by molar-refractivity contribution is 5.36. The third-order valence-corrected chi connectivity index (χ3v) is 4.34. The Morgan fingerprint density at radius 2 is 2.11 bits per heavy atom. The second-order valence-corrected chi connectivity index (χ2v) is 5.99. The largest absolute Gasteiger partial charge is 0.389 e. The van der Waals surface area contributed by atoms with E-state index in [1.54, 1.807) is 0 Å². The summed E-state index contributed by atoms with van der Waals surface area (Å²) in [5.41, 5.74) is 1.71. The van der Waals surface area contributed by atoms with Crippen molar-refractivity contribution in [2.75, 3.05) is 13.1 Å². The van der Waals surface area contributed by atoms with Gasteiger partial charge >= 0.3 is 0 Å². The molecule has 0 unspecified atom stereocenters. The van der Waals surface area contributed by atoms with E-state index >= 15 is 0 Å². The van der Waals surface area contributed by atoms with Gasteiger partial charge in [-0.3, -0.25) is 4.90 Å². The summed E-state index contributed by atoms with van der Waals surface area (Å²) in [5, 5.41) is 20.6. The van der Waals surface area contributed by atoms with Gasteiger partial charge in [0.25, 0.3) is 0 Å². The highest BCUT2D eigenvalue weighted by Gasteiger charge is 2.39. The summed E-state index contributed by atoms with van der Waals surface area (Å²) < 4.78 is 0. The van der Waals surface area contributed by atoms with Gasteiger partial charge in [-0.05, 0) is 43.9 Å². The van der Waals surface area contributed by atoms with Crippen LogP contribution in [0.3, 0.4) is 0 Å². The van der Waals surface area contributed by atoms with Gasteiger partial charge in [0, 0.05) is 12.6 Å². The molecule has 0 amide bonds. The Morgan fingerprint density at radius 1 is 1.33 bits per heavy atom. The highest BCUT2D eigenvalue weighted by Crippen LogP contribution is 2.36. The average Bonchev–Trinajstić information content (AvgIpc) is 2.66. The molecule has 1 aliphatic carbocycles. The third-order valence-electron chi connectivity index (χ3n) is 4.34. The summed E-state index contributed by atoms with van der Waals surface area (Å²) in [7, 11) is 0. The summed E-state index contributed by atoms with van der Waals surface area (Å²) in [6.07, 6.45) is 2.36. The van der Waals surface area contributed by atoms with Crippen molar-refractivity contribution < 1.29 is 10.2 Å². The molecule has 1 fully saturated rings. The zero-order valence-electron chi connectivity index (χ0n) is 10.8. The molecule has 0 aromatic heterocycles. The molecule has 3 atom stereocenters. The van der Waals surface area contributed by atoms with Crippen molar-refractivity contribution in [1.29, 1.82) is 0 Å². The first-order valence-electron chi connectivity index (χ1n) is 6.79. The smallest absolute Gasteiger partial charge is 0.0951 e. The van der Waals surface area contributed by atoms with Crippen LogP contribution < -0.4 is 0 Å². The van der Waals surface area contributed by atoms with Crippen molar-refractivity contribution in [3.8, 4) is 0 Å². The van der Waals surface area contributed by atoms with E-state index in [9.17, 15) is 10.2 Å². The second-order valence-electron chi connectivity index (χ2n) is 5.99. The Morgan fingerprint density at radius 3 is 2.83 bits per heavy atom. The molecule has 1 heterocycles. The first-order chi connectivity index (χ1) is 8.57. The molecule has 2 N–H and O–H groups in total. The number of fused-ring (bicyclic) bond motifs is 1. The molecule has 18 heavy (non-hydrogen) atoms. The average molecular weight is 247 g/mol. The van der Waals surface area contributed by atoms with E-state index in [-0.39, 0.29) is 6.04 Å². The number of rotatable bonds is 1. The Kier molecular flexibility index (Phi) is 2.93. The number of hydrogen-bond donors (Lipinski definition) is 2. The van der Waals surface area contributed by atoms with Crippen LogP contribution in [0.15, 0.2) is 24.3 Å². The van der Waals surface area contributed by atoms with Crippen molar-refractivity contribution in [1.82, 2.24) is 4.90 Å². The monoisotopic (exact) mass is 247 g/mol. The van der Waals surface area contributed by atoms with Gasteiger partial charge in [-0.25, -0.2) is 0 Å². The number of likely N-dealkylation sites (tertiary alicyclic amines) is 1. The zero-order valence-corrected chi connectivity index (χ0v) is 10.8.